The number of methoxy groups -OCH3 is 1. The normalized spacial score (nSPS) is 13.4. The fourth-order valence-electron chi connectivity index (χ4n) is 3.75. The summed E-state index contributed by atoms with van der Waals surface area (Å²) in [7, 11) is 1.62. The predicted octanol–water partition coefficient (Wildman–Crippen LogP) is 3.77. The summed E-state index contributed by atoms with van der Waals surface area (Å²) < 4.78 is 24.1. The first kappa shape index (κ1) is 23.4. The van der Waals surface area contributed by atoms with Crippen LogP contribution in [0.2, 0.25) is 0 Å². The Labute approximate surface area is 199 Å². The molecule has 34 heavy (non-hydrogen) atoms. The summed E-state index contributed by atoms with van der Waals surface area (Å²) in [6, 6.07) is 12.8. The van der Waals surface area contributed by atoms with Crippen LogP contribution >= 0.6 is 0 Å². The number of morpholine rings is 1. The second kappa shape index (κ2) is 10.9. The molecule has 2 heterocycles. The molecule has 1 fully saturated rings. The van der Waals surface area contributed by atoms with Crippen molar-refractivity contribution in [2.45, 2.75) is 13.8 Å². The quantitative estimate of drug-likeness (QED) is 0.514. The highest BCUT2D eigenvalue weighted by atomic mass is 16.5. The van der Waals surface area contributed by atoms with Crippen LogP contribution in [0.4, 0.5) is 11.4 Å². The molecule has 0 aliphatic carbocycles. The zero-order chi connectivity index (χ0) is 23.9. The van der Waals surface area contributed by atoms with Crippen molar-refractivity contribution in [2.24, 2.45) is 0 Å². The van der Waals surface area contributed by atoms with E-state index in [4.69, 9.17) is 18.9 Å². The molecule has 1 aliphatic heterocycles. The summed E-state index contributed by atoms with van der Waals surface area (Å²) in [5, 5.41) is 7.37. The molecule has 1 aliphatic rings. The molecule has 9 heteroatoms. The highest BCUT2D eigenvalue weighted by Crippen LogP contribution is 2.39. The number of benzene rings is 2. The number of nitrogens with zero attached hydrogens (tertiary/aromatic N) is 3. The number of carbonyl (C=O) groups is 1. The molecule has 0 bridgehead atoms. The average Bonchev–Trinajstić information content (AvgIpc) is 3.37. The molecule has 180 valence electrons. The molecular formula is C25H30N4O5. The summed E-state index contributed by atoms with van der Waals surface area (Å²) in [5.41, 5.74) is 2.57. The third kappa shape index (κ3) is 5.26. The van der Waals surface area contributed by atoms with Crippen molar-refractivity contribution in [3.05, 3.63) is 54.4 Å². The molecule has 0 saturated carbocycles. The second-order valence-corrected chi connectivity index (χ2v) is 7.58. The zero-order valence-corrected chi connectivity index (χ0v) is 19.7. The van der Waals surface area contributed by atoms with Crippen LogP contribution < -0.4 is 24.4 Å². The van der Waals surface area contributed by atoms with Gasteiger partial charge in [0.25, 0.3) is 5.91 Å². The minimum absolute atomic E-state index is 0.286. The minimum atomic E-state index is -0.338. The van der Waals surface area contributed by atoms with E-state index in [9.17, 15) is 4.79 Å². The lowest BCUT2D eigenvalue weighted by Crippen LogP contribution is -2.36. The maximum absolute atomic E-state index is 13.0. The summed E-state index contributed by atoms with van der Waals surface area (Å²) in [6.07, 6.45) is 1.74. The molecule has 2 aromatic carbocycles. The van der Waals surface area contributed by atoms with Gasteiger partial charge in [0.05, 0.1) is 50.6 Å². The van der Waals surface area contributed by atoms with E-state index in [1.807, 2.05) is 50.2 Å². The first-order valence-electron chi connectivity index (χ1n) is 11.4. The fourth-order valence-corrected chi connectivity index (χ4v) is 3.75. The van der Waals surface area contributed by atoms with Crippen LogP contribution in [0, 0.1) is 0 Å². The largest absolute Gasteiger partial charge is 0.497 e. The van der Waals surface area contributed by atoms with Crippen LogP contribution in [0.3, 0.4) is 0 Å². The van der Waals surface area contributed by atoms with Crippen LogP contribution in [0.5, 0.6) is 17.2 Å². The van der Waals surface area contributed by atoms with E-state index in [1.165, 1.54) is 0 Å². The Bertz CT molecular complexity index is 1110. The lowest BCUT2D eigenvalue weighted by molar-refractivity contribution is 0.102. The van der Waals surface area contributed by atoms with Gasteiger partial charge in [0.1, 0.15) is 17.2 Å². The maximum atomic E-state index is 13.0. The molecule has 0 unspecified atom stereocenters. The minimum Gasteiger partial charge on any atom is -0.497 e. The summed E-state index contributed by atoms with van der Waals surface area (Å²) in [5.74, 6) is 1.68. The number of nitrogens with one attached hydrogen (secondary N) is 1. The van der Waals surface area contributed by atoms with E-state index in [2.05, 4.69) is 15.3 Å². The van der Waals surface area contributed by atoms with Gasteiger partial charge in [0, 0.05) is 31.4 Å². The molecule has 1 saturated heterocycles. The number of rotatable bonds is 9. The number of aromatic nitrogens is 2. The topological polar surface area (TPSA) is 87.1 Å². The molecule has 0 atom stereocenters. The average molecular weight is 467 g/mol. The van der Waals surface area contributed by atoms with E-state index in [1.54, 1.807) is 24.1 Å². The van der Waals surface area contributed by atoms with Gasteiger partial charge in [-0.25, -0.2) is 4.68 Å². The Kier molecular flexibility index (Phi) is 7.54. The molecule has 1 N–H and O–H groups in total. The SMILES string of the molecule is CCOc1cc(N2CCOCC2)c(OCC)cc1NC(=O)c1ccn(-c2ccc(OC)cc2)n1. The lowest BCUT2D eigenvalue weighted by Gasteiger charge is -2.31. The molecule has 0 spiro atoms. The van der Waals surface area contributed by atoms with Crippen molar-refractivity contribution in [2.75, 3.05) is 56.8 Å². The monoisotopic (exact) mass is 466 g/mol. The maximum Gasteiger partial charge on any atom is 0.276 e. The number of hydrogen-bond donors (Lipinski definition) is 1. The molecule has 0 radical (unpaired) electrons. The second-order valence-electron chi connectivity index (χ2n) is 7.58. The highest BCUT2D eigenvalue weighted by Gasteiger charge is 2.21. The van der Waals surface area contributed by atoms with Gasteiger partial charge in [-0.1, -0.05) is 0 Å². The summed E-state index contributed by atoms with van der Waals surface area (Å²) >= 11 is 0. The van der Waals surface area contributed by atoms with Crippen LogP contribution in [-0.2, 0) is 4.74 Å². The molecule has 4 rings (SSSR count). The van der Waals surface area contributed by atoms with E-state index in [-0.39, 0.29) is 11.6 Å². The van der Waals surface area contributed by atoms with Gasteiger partial charge in [0.15, 0.2) is 5.69 Å². The van der Waals surface area contributed by atoms with Gasteiger partial charge < -0.3 is 29.2 Å². The van der Waals surface area contributed by atoms with Crippen molar-refractivity contribution >= 4 is 17.3 Å². The molecule has 3 aromatic rings. The Morgan fingerprint density at radius 1 is 1.03 bits per heavy atom. The molecule has 1 amide bonds. The Hall–Kier alpha value is -3.72. The van der Waals surface area contributed by atoms with Crippen LogP contribution in [0.1, 0.15) is 24.3 Å². The van der Waals surface area contributed by atoms with E-state index < -0.39 is 0 Å². The van der Waals surface area contributed by atoms with Crippen molar-refractivity contribution in [3.63, 3.8) is 0 Å². The Morgan fingerprint density at radius 2 is 1.74 bits per heavy atom. The van der Waals surface area contributed by atoms with Gasteiger partial charge >= 0.3 is 0 Å². The predicted molar refractivity (Wildman–Crippen MR) is 130 cm³/mol. The van der Waals surface area contributed by atoms with Gasteiger partial charge in [-0.05, 0) is 44.2 Å². The van der Waals surface area contributed by atoms with Crippen molar-refractivity contribution in [3.8, 4) is 22.9 Å². The summed E-state index contributed by atoms with van der Waals surface area (Å²) in [4.78, 5) is 15.2. The van der Waals surface area contributed by atoms with Crippen molar-refractivity contribution < 1.29 is 23.7 Å². The molecular weight excluding hydrogens is 436 g/mol. The van der Waals surface area contributed by atoms with E-state index >= 15 is 0 Å². The number of amides is 1. The number of hydrogen-bond acceptors (Lipinski definition) is 7. The highest BCUT2D eigenvalue weighted by molar-refractivity contribution is 6.04. The van der Waals surface area contributed by atoms with Gasteiger partial charge in [-0.2, -0.15) is 5.10 Å². The molecule has 9 nitrogen and oxygen atoms in total. The standard InChI is InChI=1S/C25H30N4O5/c1-4-33-23-17-22(28-12-14-32-15-13-28)24(34-5-2)16-21(23)26-25(30)20-10-11-29(27-20)18-6-8-19(31-3)9-7-18/h6-11,16-17H,4-5,12-15H2,1-3H3,(H,26,30). The first-order valence-corrected chi connectivity index (χ1v) is 11.4. The lowest BCUT2D eigenvalue weighted by atomic mass is 10.2. The summed E-state index contributed by atoms with van der Waals surface area (Å²) in [6.45, 7) is 7.66. The van der Waals surface area contributed by atoms with E-state index in [0.29, 0.717) is 43.6 Å². The van der Waals surface area contributed by atoms with Crippen LogP contribution in [0.25, 0.3) is 5.69 Å². The zero-order valence-electron chi connectivity index (χ0n) is 19.7. The number of anilines is 2. The van der Waals surface area contributed by atoms with E-state index in [0.717, 1.165) is 30.2 Å². The van der Waals surface area contributed by atoms with Crippen molar-refractivity contribution in [1.82, 2.24) is 9.78 Å². The van der Waals surface area contributed by atoms with Gasteiger partial charge in [0.2, 0.25) is 0 Å². The third-order valence-electron chi connectivity index (χ3n) is 5.42. The smallest absolute Gasteiger partial charge is 0.276 e. The Morgan fingerprint density at radius 3 is 2.41 bits per heavy atom. The van der Waals surface area contributed by atoms with Crippen LogP contribution in [0.15, 0.2) is 48.7 Å². The number of ether oxygens (including phenoxy) is 4. The Balaban J connectivity index is 1.58. The third-order valence-corrected chi connectivity index (χ3v) is 5.42. The van der Waals surface area contributed by atoms with Crippen LogP contribution in [-0.4, -0.2) is 62.3 Å². The molecule has 1 aromatic heterocycles. The van der Waals surface area contributed by atoms with Gasteiger partial charge in [-0.15, -0.1) is 0 Å². The van der Waals surface area contributed by atoms with Crippen molar-refractivity contribution in [1.29, 1.82) is 0 Å². The first-order chi connectivity index (χ1) is 16.6. The van der Waals surface area contributed by atoms with Gasteiger partial charge in [-0.3, -0.25) is 4.79 Å². The number of carbonyl (C=O) groups excluding carboxylic acids is 1. The fraction of sp³-hybridized carbons (Fsp3) is 0.360.